The monoisotopic (exact) mass is 268 g/mol. The molecule has 1 saturated heterocycles. The van der Waals surface area contributed by atoms with Gasteiger partial charge in [0.1, 0.15) is 5.82 Å². The second-order valence-electron chi connectivity index (χ2n) is 5.10. The molecule has 2 bridgehead atoms. The number of aromatic nitrogens is 2. The molecule has 2 aliphatic rings. The summed E-state index contributed by atoms with van der Waals surface area (Å²) in [6, 6.07) is 0.118. The summed E-state index contributed by atoms with van der Waals surface area (Å²) in [6.45, 7) is 3.67. The third-order valence-corrected chi connectivity index (χ3v) is 4.78. The van der Waals surface area contributed by atoms with Crippen molar-refractivity contribution >= 4 is 22.8 Å². The van der Waals surface area contributed by atoms with Gasteiger partial charge in [0, 0.05) is 30.7 Å². The summed E-state index contributed by atoms with van der Waals surface area (Å²) in [5.41, 5.74) is 0. The summed E-state index contributed by atoms with van der Waals surface area (Å²) in [5, 5.41) is 12.5. The first-order chi connectivity index (χ1) is 8.63. The normalized spacial score (nSPS) is 30.5. The molecule has 1 saturated carbocycles. The molecule has 1 aliphatic carbocycles. The molecule has 1 aromatic heterocycles. The van der Waals surface area contributed by atoms with Crippen LogP contribution in [-0.2, 0) is 0 Å². The number of rotatable bonds is 2. The number of piperidine rings is 1. The number of aryl methyl sites for hydroxylation is 1. The van der Waals surface area contributed by atoms with Crippen molar-refractivity contribution in [1.82, 2.24) is 14.7 Å². The molecule has 2 fully saturated rings. The van der Waals surface area contributed by atoms with Gasteiger partial charge in [-0.15, -0.1) is 0 Å². The summed E-state index contributed by atoms with van der Waals surface area (Å²) in [6.07, 6.45) is 1.30. The van der Waals surface area contributed by atoms with Crippen molar-refractivity contribution in [2.45, 2.75) is 25.8 Å². The van der Waals surface area contributed by atoms with Crippen LogP contribution in [0.25, 0.3) is 0 Å². The van der Waals surface area contributed by atoms with E-state index in [-0.39, 0.29) is 6.04 Å². The van der Waals surface area contributed by atoms with Gasteiger partial charge in [0.05, 0.1) is 0 Å². The van der Waals surface area contributed by atoms with Gasteiger partial charge >= 0.3 is 6.09 Å². The fourth-order valence-electron chi connectivity index (χ4n) is 3.17. The van der Waals surface area contributed by atoms with Gasteiger partial charge in [-0.05, 0) is 31.6 Å². The average molecular weight is 268 g/mol. The van der Waals surface area contributed by atoms with E-state index in [0.717, 1.165) is 36.9 Å². The molecular formula is C11H16N4O2S. The predicted molar refractivity (Wildman–Crippen MR) is 68.0 cm³/mol. The molecule has 6 nitrogen and oxygen atoms in total. The Morgan fingerprint density at radius 1 is 1.44 bits per heavy atom. The Morgan fingerprint density at radius 3 is 2.61 bits per heavy atom. The highest BCUT2D eigenvalue weighted by atomic mass is 32.1. The van der Waals surface area contributed by atoms with E-state index in [1.165, 1.54) is 11.5 Å². The maximum absolute atomic E-state index is 10.8. The Balaban J connectivity index is 1.73. The third-order valence-electron chi connectivity index (χ3n) is 3.91. The highest BCUT2D eigenvalue weighted by molar-refractivity contribution is 7.09. The van der Waals surface area contributed by atoms with Gasteiger partial charge in [0.15, 0.2) is 0 Å². The third kappa shape index (κ3) is 2.03. The Kier molecular flexibility index (Phi) is 2.85. The smallest absolute Gasteiger partial charge is 0.404 e. The fourth-order valence-corrected chi connectivity index (χ4v) is 3.86. The van der Waals surface area contributed by atoms with Crippen LogP contribution in [0.5, 0.6) is 0 Å². The number of carbonyl (C=O) groups is 1. The van der Waals surface area contributed by atoms with Crippen molar-refractivity contribution in [3.8, 4) is 0 Å². The van der Waals surface area contributed by atoms with E-state index in [9.17, 15) is 4.79 Å². The van der Waals surface area contributed by atoms with Crippen LogP contribution in [0, 0.1) is 18.8 Å². The second kappa shape index (κ2) is 4.38. The molecule has 0 spiro atoms. The number of nitrogens with zero attached hydrogens (tertiary/aromatic N) is 3. The predicted octanol–water partition coefficient (Wildman–Crippen LogP) is 1.33. The summed E-state index contributed by atoms with van der Waals surface area (Å²) >= 11 is 1.43. The van der Waals surface area contributed by atoms with Gasteiger partial charge in [0.2, 0.25) is 5.13 Å². The number of amides is 1. The highest BCUT2D eigenvalue weighted by Gasteiger charge is 2.43. The first-order valence-corrected chi connectivity index (χ1v) is 6.95. The van der Waals surface area contributed by atoms with Crippen LogP contribution in [0.4, 0.5) is 9.93 Å². The van der Waals surface area contributed by atoms with Crippen LogP contribution in [0.3, 0.4) is 0 Å². The molecule has 1 aromatic rings. The minimum absolute atomic E-state index is 0.118. The lowest BCUT2D eigenvalue weighted by Gasteiger charge is -2.37. The molecule has 7 heteroatoms. The molecule has 2 atom stereocenters. The molecule has 2 heterocycles. The SMILES string of the molecule is Cc1nsc(N2CC3CCC(C2)C3NC(=O)O)n1. The molecule has 1 aliphatic heterocycles. The first-order valence-electron chi connectivity index (χ1n) is 6.18. The topological polar surface area (TPSA) is 78.4 Å². The minimum atomic E-state index is -0.905. The van der Waals surface area contributed by atoms with Crippen molar-refractivity contribution in [3.63, 3.8) is 0 Å². The number of hydrogen-bond acceptors (Lipinski definition) is 5. The summed E-state index contributed by atoms with van der Waals surface area (Å²) in [4.78, 5) is 17.5. The summed E-state index contributed by atoms with van der Waals surface area (Å²) < 4.78 is 4.21. The van der Waals surface area contributed by atoms with Crippen molar-refractivity contribution in [2.75, 3.05) is 18.0 Å². The maximum Gasteiger partial charge on any atom is 0.404 e. The van der Waals surface area contributed by atoms with Crippen LogP contribution in [-0.4, -0.2) is 39.7 Å². The van der Waals surface area contributed by atoms with Gasteiger partial charge in [-0.1, -0.05) is 0 Å². The van der Waals surface area contributed by atoms with E-state index in [2.05, 4.69) is 19.6 Å². The lowest BCUT2D eigenvalue weighted by Crippen LogP contribution is -2.52. The lowest BCUT2D eigenvalue weighted by atomic mass is 9.92. The zero-order chi connectivity index (χ0) is 12.7. The van der Waals surface area contributed by atoms with E-state index in [4.69, 9.17) is 5.11 Å². The molecule has 2 N–H and O–H groups in total. The molecule has 2 unspecified atom stereocenters. The Hall–Kier alpha value is -1.37. The van der Waals surface area contributed by atoms with Crippen LogP contribution < -0.4 is 10.2 Å². The molecule has 18 heavy (non-hydrogen) atoms. The van der Waals surface area contributed by atoms with Gasteiger partial charge in [-0.3, -0.25) is 0 Å². The van der Waals surface area contributed by atoms with E-state index in [0.29, 0.717) is 11.8 Å². The Bertz CT molecular complexity index is 450. The zero-order valence-electron chi connectivity index (χ0n) is 10.2. The van der Waals surface area contributed by atoms with Gasteiger partial charge in [0.25, 0.3) is 0 Å². The van der Waals surface area contributed by atoms with Gasteiger partial charge < -0.3 is 15.3 Å². The number of fused-ring (bicyclic) bond motifs is 2. The molecule has 0 radical (unpaired) electrons. The zero-order valence-corrected chi connectivity index (χ0v) is 11.0. The summed E-state index contributed by atoms with van der Waals surface area (Å²) in [5.74, 6) is 1.63. The van der Waals surface area contributed by atoms with Crippen LogP contribution >= 0.6 is 11.5 Å². The van der Waals surface area contributed by atoms with E-state index in [1.807, 2.05) is 6.92 Å². The highest BCUT2D eigenvalue weighted by Crippen LogP contribution is 2.38. The van der Waals surface area contributed by atoms with Crippen LogP contribution in [0.15, 0.2) is 0 Å². The molecule has 0 aromatic carbocycles. The lowest BCUT2D eigenvalue weighted by molar-refractivity contribution is 0.178. The van der Waals surface area contributed by atoms with E-state index >= 15 is 0 Å². The van der Waals surface area contributed by atoms with Gasteiger partial charge in [-0.25, -0.2) is 9.78 Å². The fraction of sp³-hybridized carbons (Fsp3) is 0.727. The minimum Gasteiger partial charge on any atom is -0.465 e. The van der Waals surface area contributed by atoms with Crippen molar-refractivity contribution < 1.29 is 9.90 Å². The van der Waals surface area contributed by atoms with Crippen molar-refractivity contribution in [1.29, 1.82) is 0 Å². The first kappa shape index (κ1) is 11.7. The molecule has 98 valence electrons. The molecule has 3 rings (SSSR count). The molecule has 1 amide bonds. The van der Waals surface area contributed by atoms with E-state index in [1.54, 1.807) is 0 Å². The average Bonchev–Trinajstić information content (AvgIpc) is 2.81. The summed E-state index contributed by atoms with van der Waals surface area (Å²) in [7, 11) is 0. The number of carboxylic acid groups (broad SMARTS) is 1. The largest absolute Gasteiger partial charge is 0.465 e. The number of anilines is 1. The van der Waals surface area contributed by atoms with Gasteiger partial charge in [-0.2, -0.15) is 4.37 Å². The quantitative estimate of drug-likeness (QED) is 0.846. The van der Waals surface area contributed by atoms with Crippen molar-refractivity contribution in [2.24, 2.45) is 11.8 Å². The standard InChI is InChI=1S/C11H16N4O2S/c1-6-12-10(18-14-6)15-4-7-2-3-8(5-15)9(7)13-11(16)17/h7-9,13H,2-5H2,1H3,(H,16,17). The second-order valence-corrected chi connectivity index (χ2v) is 5.83. The molecular weight excluding hydrogens is 252 g/mol. The van der Waals surface area contributed by atoms with Crippen LogP contribution in [0.2, 0.25) is 0 Å². The number of hydrogen-bond donors (Lipinski definition) is 2. The maximum atomic E-state index is 10.8. The van der Waals surface area contributed by atoms with E-state index < -0.39 is 6.09 Å². The Morgan fingerprint density at radius 2 is 2.11 bits per heavy atom. The van der Waals surface area contributed by atoms with Crippen LogP contribution in [0.1, 0.15) is 18.7 Å². The number of nitrogens with one attached hydrogen (secondary N) is 1. The van der Waals surface area contributed by atoms with Crippen molar-refractivity contribution in [3.05, 3.63) is 5.82 Å². The Labute approximate surface area is 109 Å².